The van der Waals surface area contributed by atoms with Crippen molar-refractivity contribution in [3.63, 3.8) is 0 Å². The molecule has 1 aliphatic rings. The second-order valence-electron chi connectivity index (χ2n) is 6.49. The zero-order valence-corrected chi connectivity index (χ0v) is 16.1. The van der Waals surface area contributed by atoms with Crippen molar-refractivity contribution in [3.8, 4) is 0 Å². The van der Waals surface area contributed by atoms with Gasteiger partial charge in [-0.15, -0.1) is 0 Å². The van der Waals surface area contributed by atoms with E-state index in [1.807, 2.05) is 20.0 Å². The Hall–Kier alpha value is -3.19. The van der Waals surface area contributed by atoms with Gasteiger partial charge in [0.15, 0.2) is 0 Å². The minimum atomic E-state index is -0.587. The van der Waals surface area contributed by atoms with Crippen molar-refractivity contribution < 1.29 is 9.18 Å². The zero-order chi connectivity index (χ0) is 20.3. The fourth-order valence-electron chi connectivity index (χ4n) is 3.19. The number of hydrogen-bond acceptors (Lipinski definition) is 4. The largest absolute Gasteiger partial charge is 0.339 e. The molecule has 0 saturated heterocycles. The molecule has 0 bridgehead atoms. The molecule has 3 N–H and O–H groups in total. The van der Waals surface area contributed by atoms with E-state index in [2.05, 4.69) is 17.0 Å². The SMILES string of the molecule is C=C/C=C1\C(=C/CC)Nc2c(cnn2C)CN1C(=O)c1ccc(CN)cc1F. The lowest BCUT2D eigenvalue weighted by atomic mass is 10.1. The average Bonchev–Trinajstić information content (AvgIpc) is 2.94. The highest BCUT2D eigenvalue weighted by Gasteiger charge is 2.29. The van der Waals surface area contributed by atoms with Crippen LogP contribution in [0.15, 0.2) is 60.6 Å². The zero-order valence-electron chi connectivity index (χ0n) is 16.1. The Labute approximate surface area is 163 Å². The molecule has 2 aromatic rings. The number of hydrogen-bond donors (Lipinski definition) is 2. The molecular weight excluding hydrogens is 357 g/mol. The summed E-state index contributed by atoms with van der Waals surface area (Å²) in [5, 5.41) is 7.63. The lowest BCUT2D eigenvalue weighted by Crippen LogP contribution is -2.31. The van der Waals surface area contributed by atoms with E-state index >= 15 is 0 Å². The van der Waals surface area contributed by atoms with E-state index < -0.39 is 11.7 Å². The van der Waals surface area contributed by atoms with Gasteiger partial charge in [0.1, 0.15) is 11.6 Å². The molecule has 0 atom stereocenters. The number of fused-ring (bicyclic) bond motifs is 1. The molecule has 146 valence electrons. The van der Waals surface area contributed by atoms with Crippen LogP contribution in [0.3, 0.4) is 0 Å². The third kappa shape index (κ3) is 3.61. The maximum atomic E-state index is 14.6. The first-order valence-electron chi connectivity index (χ1n) is 9.11. The van der Waals surface area contributed by atoms with Crippen LogP contribution in [0.5, 0.6) is 0 Å². The van der Waals surface area contributed by atoms with Gasteiger partial charge in [-0.05, 0) is 30.2 Å². The second-order valence-corrected chi connectivity index (χ2v) is 6.49. The molecule has 1 amide bonds. The normalized spacial score (nSPS) is 16.6. The number of benzene rings is 1. The highest BCUT2D eigenvalue weighted by molar-refractivity contribution is 5.96. The molecule has 28 heavy (non-hydrogen) atoms. The monoisotopic (exact) mass is 381 g/mol. The van der Waals surface area contributed by atoms with Crippen LogP contribution in [0, 0.1) is 5.82 Å². The highest BCUT2D eigenvalue weighted by Crippen LogP contribution is 2.31. The lowest BCUT2D eigenvalue weighted by Gasteiger charge is -2.25. The van der Waals surface area contributed by atoms with Gasteiger partial charge < -0.3 is 16.0 Å². The number of halogens is 1. The van der Waals surface area contributed by atoms with Gasteiger partial charge in [-0.2, -0.15) is 5.10 Å². The molecule has 2 heterocycles. The van der Waals surface area contributed by atoms with Crippen LogP contribution in [0.4, 0.5) is 10.2 Å². The fraction of sp³-hybridized carbons (Fsp3) is 0.238. The Balaban J connectivity index is 2.12. The van der Waals surface area contributed by atoms with Gasteiger partial charge in [-0.3, -0.25) is 9.48 Å². The van der Waals surface area contributed by atoms with Crippen molar-refractivity contribution in [2.75, 3.05) is 5.32 Å². The Kier molecular flexibility index (Phi) is 5.75. The van der Waals surface area contributed by atoms with Gasteiger partial charge in [0.05, 0.1) is 29.7 Å². The third-order valence-electron chi connectivity index (χ3n) is 4.59. The highest BCUT2D eigenvalue weighted by atomic mass is 19.1. The summed E-state index contributed by atoms with van der Waals surface area (Å²) >= 11 is 0. The number of aromatic nitrogens is 2. The number of nitrogens with zero attached hydrogens (tertiary/aromatic N) is 3. The van der Waals surface area contributed by atoms with Gasteiger partial charge in [0, 0.05) is 19.2 Å². The van der Waals surface area contributed by atoms with E-state index in [9.17, 15) is 9.18 Å². The topological polar surface area (TPSA) is 76.2 Å². The van der Waals surface area contributed by atoms with Crippen molar-refractivity contribution >= 4 is 11.7 Å². The summed E-state index contributed by atoms with van der Waals surface area (Å²) < 4.78 is 16.3. The number of nitrogens with one attached hydrogen (secondary N) is 1. The van der Waals surface area contributed by atoms with E-state index in [0.717, 1.165) is 23.5 Å². The number of aryl methyl sites for hydroxylation is 1. The smallest absolute Gasteiger partial charge is 0.261 e. The molecule has 1 aliphatic heterocycles. The Morgan fingerprint density at radius 3 is 2.89 bits per heavy atom. The molecule has 3 rings (SSSR count). The molecule has 0 unspecified atom stereocenters. The van der Waals surface area contributed by atoms with Gasteiger partial charge in [-0.25, -0.2) is 4.39 Å². The average molecular weight is 381 g/mol. The molecule has 0 radical (unpaired) electrons. The van der Waals surface area contributed by atoms with Crippen LogP contribution in [-0.2, 0) is 20.1 Å². The third-order valence-corrected chi connectivity index (χ3v) is 4.59. The Bertz CT molecular complexity index is 973. The second kappa shape index (κ2) is 8.22. The summed E-state index contributed by atoms with van der Waals surface area (Å²) in [4.78, 5) is 14.9. The van der Waals surface area contributed by atoms with Crippen LogP contribution in [0.2, 0.25) is 0 Å². The molecule has 0 spiro atoms. The maximum absolute atomic E-state index is 14.6. The number of allylic oxidation sites excluding steroid dienone is 3. The molecule has 1 aromatic carbocycles. The summed E-state index contributed by atoms with van der Waals surface area (Å²) in [5.74, 6) is -0.228. The summed E-state index contributed by atoms with van der Waals surface area (Å²) in [6, 6.07) is 4.46. The molecule has 0 aliphatic carbocycles. The number of carbonyl (C=O) groups is 1. The summed E-state index contributed by atoms with van der Waals surface area (Å²) in [7, 11) is 1.83. The molecule has 0 fully saturated rings. The lowest BCUT2D eigenvalue weighted by molar-refractivity contribution is 0.0796. The molecule has 0 saturated carbocycles. The van der Waals surface area contributed by atoms with Crippen LogP contribution in [0.1, 0.15) is 34.8 Å². The first-order valence-corrected chi connectivity index (χ1v) is 9.11. The number of nitrogens with two attached hydrogens (primary N) is 1. The Morgan fingerprint density at radius 2 is 2.25 bits per heavy atom. The van der Waals surface area contributed by atoms with Crippen LogP contribution in [0.25, 0.3) is 0 Å². The van der Waals surface area contributed by atoms with Gasteiger partial charge in [0.25, 0.3) is 5.91 Å². The van der Waals surface area contributed by atoms with E-state index in [0.29, 0.717) is 11.3 Å². The number of carbonyl (C=O) groups excluding carboxylic acids is 1. The van der Waals surface area contributed by atoms with Crippen molar-refractivity contribution in [3.05, 3.63) is 83.1 Å². The van der Waals surface area contributed by atoms with Gasteiger partial charge >= 0.3 is 0 Å². The van der Waals surface area contributed by atoms with Gasteiger partial charge in [-0.1, -0.05) is 31.7 Å². The first-order chi connectivity index (χ1) is 13.5. The van der Waals surface area contributed by atoms with Gasteiger partial charge in [0.2, 0.25) is 0 Å². The number of anilines is 1. The van der Waals surface area contributed by atoms with E-state index in [-0.39, 0.29) is 18.7 Å². The standard InChI is InChI=1S/C21H24FN5O/c1-4-6-18-19(7-5-2)27(13-15-12-24-26(3)20(15)25-18)21(28)16-9-8-14(11-23)10-17(16)22/h5-10,12,25H,2,4,11,13,23H2,1,3H3/b18-6+,19-7+. The van der Waals surface area contributed by atoms with Crippen molar-refractivity contribution in [2.24, 2.45) is 12.8 Å². The first kappa shape index (κ1) is 19.6. The summed E-state index contributed by atoms with van der Waals surface area (Å²) in [5.41, 5.74) is 8.41. The van der Waals surface area contributed by atoms with E-state index in [1.165, 1.54) is 12.1 Å². The van der Waals surface area contributed by atoms with Crippen LogP contribution < -0.4 is 11.1 Å². The number of amides is 1. The van der Waals surface area contributed by atoms with Crippen LogP contribution in [-0.4, -0.2) is 20.6 Å². The number of rotatable bonds is 4. The molecule has 1 aromatic heterocycles. The van der Waals surface area contributed by atoms with Crippen LogP contribution >= 0.6 is 0 Å². The summed E-state index contributed by atoms with van der Waals surface area (Å²) in [6.07, 6.45) is 7.80. The predicted molar refractivity (Wildman–Crippen MR) is 108 cm³/mol. The van der Waals surface area contributed by atoms with Crippen molar-refractivity contribution in [2.45, 2.75) is 26.4 Å². The molecule has 7 heteroatoms. The fourth-order valence-corrected chi connectivity index (χ4v) is 3.19. The molecule has 6 nitrogen and oxygen atoms in total. The minimum Gasteiger partial charge on any atom is -0.339 e. The Morgan fingerprint density at radius 1 is 1.46 bits per heavy atom. The van der Waals surface area contributed by atoms with Crippen molar-refractivity contribution in [1.29, 1.82) is 0 Å². The minimum absolute atomic E-state index is 0.00430. The summed E-state index contributed by atoms with van der Waals surface area (Å²) in [6.45, 7) is 6.24. The molecular formula is C21H24FN5O. The maximum Gasteiger partial charge on any atom is 0.261 e. The van der Waals surface area contributed by atoms with E-state index in [4.69, 9.17) is 5.73 Å². The quantitative estimate of drug-likeness (QED) is 0.851. The van der Waals surface area contributed by atoms with E-state index in [1.54, 1.807) is 34.0 Å². The van der Waals surface area contributed by atoms with Crippen molar-refractivity contribution in [1.82, 2.24) is 14.7 Å². The predicted octanol–water partition coefficient (Wildman–Crippen LogP) is 3.45.